The lowest BCUT2D eigenvalue weighted by atomic mass is 9.98. The van der Waals surface area contributed by atoms with Gasteiger partial charge in [0.2, 0.25) is 0 Å². The lowest BCUT2D eigenvalue weighted by Crippen LogP contribution is -2.48. The van der Waals surface area contributed by atoms with Gasteiger partial charge >= 0.3 is 0 Å². The van der Waals surface area contributed by atoms with Crippen molar-refractivity contribution in [3.63, 3.8) is 0 Å². The van der Waals surface area contributed by atoms with E-state index in [1.54, 1.807) is 0 Å². The van der Waals surface area contributed by atoms with E-state index < -0.39 is 0 Å². The van der Waals surface area contributed by atoms with Crippen LogP contribution in [-0.2, 0) is 0 Å². The van der Waals surface area contributed by atoms with Crippen molar-refractivity contribution >= 4 is 24.8 Å². The Labute approximate surface area is 100 Å². The van der Waals surface area contributed by atoms with Gasteiger partial charge in [-0.05, 0) is 25.9 Å². The maximum atomic E-state index is 6.27. The third kappa shape index (κ3) is 4.83. The summed E-state index contributed by atoms with van der Waals surface area (Å²) >= 11 is 0. The Kier molecular flexibility index (Phi) is 9.36. The summed E-state index contributed by atoms with van der Waals surface area (Å²) in [6.07, 6.45) is 5.11. The predicted octanol–water partition coefficient (Wildman–Crippen LogP) is 2.44. The smallest absolute Gasteiger partial charge is 0.0283 e. The van der Waals surface area contributed by atoms with Crippen molar-refractivity contribution in [3.05, 3.63) is 0 Å². The Bertz CT molecular complexity index is 132. The first-order chi connectivity index (χ1) is 5.70. The van der Waals surface area contributed by atoms with Gasteiger partial charge < -0.3 is 10.6 Å². The minimum atomic E-state index is 0. The molecule has 0 aromatic carbocycles. The molecule has 0 aromatic rings. The summed E-state index contributed by atoms with van der Waals surface area (Å²) in [4.78, 5) is 2.44. The van der Waals surface area contributed by atoms with E-state index in [0.29, 0.717) is 0 Å². The summed E-state index contributed by atoms with van der Waals surface area (Å²) in [6.45, 7) is 7.79. The van der Waals surface area contributed by atoms with Crippen molar-refractivity contribution < 1.29 is 0 Å². The number of nitrogens with zero attached hydrogens (tertiary/aromatic N) is 1. The van der Waals surface area contributed by atoms with E-state index >= 15 is 0 Å². The van der Waals surface area contributed by atoms with Crippen LogP contribution in [0.1, 0.15) is 39.5 Å². The van der Waals surface area contributed by atoms with Crippen LogP contribution in [0.5, 0.6) is 0 Å². The van der Waals surface area contributed by atoms with Crippen LogP contribution < -0.4 is 5.73 Å². The fraction of sp³-hybridized carbons (Fsp3) is 1.00. The molecule has 88 valence electrons. The molecule has 0 spiro atoms. The molecule has 0 bridgehead atoms. The number of halogens is 2. The van der Waals surface area contributed by atoms with Crippen molar-refractivity contribution in [1.29, 1.82) is 0 Å². The standard InChI is InChI=1S/C10H22N2.2ClH/c1-3-12(4-2)9-10(11)7-5-6-8-10;;/h3-9,11H2,1-2H3;2*1H. The predicted molar refractivity (Wildman–Crippen MR) is 67.7 cm³/mol. The number of nitrogens with two attached hydrogens (primary N) is 1. The Morgan fingerprint density at radius 1 is 1.07 bits per heavy atom. The molecule has 0 radical (unpaired) electrons. The number of hydrogen-bond acceptors (Lipinski definition) is 2. The Balaban J connectivity index is 0. The SMILES string of the molecule is CCN(CC)CC1(N)CCCC1.Cl.Cl. The van der Waals surface area contributed by atoms with Crippen LogP contribution >= 0.6 is 24.8 Å². The molecule has 2 nitrogen and oxygen atoms in total. The van der Waals surface area contributed by atoms with Crippen LogP contribution in [0, 0.1) is 0 Å². The Morgan fingerprint density at radius 3 is 1.86 bits per heavy atom. The van der Waals surface area contributed by atoms with Gasteiger partial charge in [-0.3, -0.25) is 0 Å². The molecule has 0 aromatic heterocycles. The van der Waals surface area contributed by atoms with Gasteiger partial charge in [0.1, 0.15) is 0 Å². The average Bonchev–Trinajstić information content (AvgIpc) is 2.48. The number of hydrogen-bond donors (Lipinski definition) is 1. The molecule has 2 N–H and O–H groups in total. The molecular formula is C10H24Cl2N2. The van der Waals surface area contributed by atoms with Gasteiger partial charge in [0, 0.05) is 12.1 Å². The van der Waals surface area contributed by atoms with E-state index in [4.69, 9.17) is 5.73 Å². The molecule has 14 heavy (non-hydrogen) atoms. The van der Waals surface area contributed by atoms with Crippen molar-refractivity contribution in [2.75, 3.05) is 19.6 Å². The van der Waals surface area contributed by atoms with Crippen LogP contribution in [0.25, 0.3) is 0 Å². The van der Waals surface area contributed by atoms with Crippen LogP contribution in [0.4, 0.5) is 0 Å². The number of rotatable bonds is 4. The van der Waals surface area contributed by atoms with E-state index in [-0.39, 0.29) is 30.4 Å². The minimum Gasteiger partial charge on any atom is -0.324 e. The monoisotopic (exact) mass is 242 g/mol. The molecule has 0 aliphatic heterocycles. The Hall–Kier alpha value is 0.500. The molecule has 1 fully saturated rings. The van der Waals surface area contributed by atoms with Gasteiger partial charge in [-0.2, -0.15) is 0 Å². The third-order valence-corrected chi connectivity index (χ3v) is 3.03. The van der Waals surface area contributed by atoms with Crippen LogP contribution in [0.2, 0.25) is 0 Å². The summed E-state index contributed by atoms with van der Waals surface area (Å²) in [6, 6.07) is 0. The van der Waals surface area contributed by atoms with E-state index in [9.17, 15) is 0 Å². The molecule has 0 saturated heterocycles. The van der Waals surface area contributed by atoms with Gasteiger partial charge in [-0.1, -0.05) is 26.7 Å². The zero-order valence-corrected chi connectivity index (χ0v) is 10.9. The van der Waals surface area contributed by atoms with E-state index in [0.717, 1.165) is 19.6 Å². The van der Waals surface area contributed by atoms with Crippen LogP contribution in [0.15, 0.2) is 0 Å². The molecule has 1 rings (SSSR count). The highest BCUT2D eigenvalue weighted by Gasteiger charge is 2.30. The van der Waals surface area contributed by atoms with Gasteiger partial charge in [0.05, 0.1) is 0 Å². The molecule has 1 aliphatic rings. The normalized spacial score (nSPS) is 18.9. The maximum Gasteiger partial charge on any atom is 0.0283 e. The van der Waals surface area contributed by atoms with Gasteiger partial charge in [-0.15, -0.1) is 24.8 Å². The zero-order chi connectivity index (χ0) is 9.03. The second-order valence-corrected chi connectivity index (χ2v) is 4.03. The molecule has 0 heterocycles. The van der Waals surface area contributed by atoms with E-state index in [1.807, 2.05) is 0 Å². The fourth-order valence-corrected chi connectivity index (χ4v) is 2.13. The lowest BCUT2D eigenvalue weighted by Gasteiger charge is -2.30. The van der Waals surface area contributed by atoms with Crippen molar-refractivity contribution in [2.24, 2.45) is 5.73 Å². The van der Waals surface area contributed by atoms with Gasteiger partial charge in [-0.25, -0.2) is 0 Å². The largest absolute Gasteiger partial charge is 0.324 e. The second kappa shape index (κ2) is 7.75. The summed E-state index contributed by atoms with van der Waals surface area (Å²) in [5.74, 6) is 0. The van der Waals surface area contributed by atoms with Crippen molar-refractivity contribution in [3.8, 4) is 0 Å². The second-order valence-electron chi connectivity index (χ2n) is 4.03. The summed E-state index contributed by atoms with van der Waals surface area (Å²) < 4.78 is 0. The first-order valence-electron chi connectivity index (χ1n) is 5.21. The third-order valence-electron chi connectivity index (χ3n) is 3.03. The van der Waals surface area contributed by atoms with Crippen molar-refractivity contribution in [2.45, 2.75) is 45.1 Å². The van der Waals surface area contributed by atoms with E-state index in [2.05, 4.69) is 18.7 Å². The summed E-state index contributed by atoms with van der Waals surface area (Å²) in [5, 5.41) is 0. The van der Waals surface area contributed by atoms with Gasteiger partial charge in [0.25, 0.3) is 0 Å². The molecule has 1 saturated carbocycles. The zero-order valence-electron chi connectivity index (χ0n) is 9.29. The highest BCUT2D eigenvalue weighted by molar-refractivity contribution is 5.85. The van der Waals surface area contributed by atoms with Crippen molar-refractivity contribution in [1.82, 2.24) is 4.90 Å². The molecular weight excluding hydrogens is 219 g/mol. The fourth-order valence-electron chi connectivity index (χ4n) is 2.13. The molecule has 0 amide bonds. The highest BCUT2D eigenvalue weighted by atomic mass is 35.5. The first-order valence-corrected chi connectivity index (χ1v) is 5.21. The molecule has 4 heteroatoms. The Morgan fingerprint density at radius 2 is 1.50 bits per heavy atom. The first kappa shape index (κ1) is 16.9. The van der Waals surface area contributed by atoms with Crippen LogP contribution in [-0.4, -0.2) is 30.1 Å². The van der Waals surface area contributed by atoms with Crippen LogP contribution in [0.3, 0.4) is 0 Å². The average molecular weight is 243 g/mol. The lowest BCUT2D eigenvalue weighted by molar-refractivity contribution is 0.227. The summed E-state index contributed by atoms with van der Waals surface area (Å²) in [5.41, 5.74) is 6.41. The number of likely N-dealkylation sites (N-methyl/N-ethyl adjacent to an activating group) is 1. The highest BCUT2D eigenvalue weighted by Crippen LogP contribution is 2.27. The topological polar surface area (TPSA) is 29.3 Å². The van der Waals surface area contributed by atoms with Gasteiger partial charge in [0.15, 0.2) is 0 Å². The minimum absolute atomic E-state index is 0. The maximum absolute atomic E-state index is 6.27. The molecule has 0 atom stereocenters. The quantitative estimate of drug-likeness (QED) is 0.821. The molecule has 0 unspecified atom stereocenters. The van der Waals surface area contributed by atoms with E-state index in [1.165, 1.54) is 25.7 Å². The molecule has 1 aliphatic carbocycles. The summed E-state index contributed by atoms with van der Waals surface area (Å²) in [7, 11) is 0.